The van der Waals surface area contributed by atoms with Crippen LogP contribution in [0.4, 0.5) is 26.4 Å². The normalized spacial score (nSPS) is 11.0. The van der Waals surface area contributed by atoms with Gasteiger partial charge in [0.2, 0.25) is 0 Å². The molecule has 4 rings (SSSR count). The number of carbonyl (C=O) groups is 1. The number of urea groups is 1. The highest BCUT2D eigenvalue weighted by Crippen LogP contribution is 2.36. The number of aliphatic hydroxyl groups is 1. The number of amides is 2. The molecule has 2 amide bonds. The van der Waals surface area contributed by atoms with Gasteiger partial charge in [0.1, 0.15) is 5.52 Å². The first-order valence-electron chi connectivity index (χ1n) is 8.92. The van der Waals surface area contributed by atoms with E-state index in [1.807, 2.05) is 0 Å². The number of nitrogens with two attached hydrogens (primary N) is 2. The summed E-state index contributed by atoms with van der Waals surface area (Å²) in [5.74, 6) is -0.455. The van der Waals surface area contributed by atoms with Crippen LogP contribution in [0.5, 0.6) is 0 Å². The van der Waals surface area contributed by atoms with Gasteiger partial charge >= 0.3 is 6.03 Å². The fourth-order valence-electron chi connectivity index (χ4n) is 3.41. The highest BCUT2D eigenvalue weighted by molar-refractivity contribution is 6.31. The Kier molecular flexibility index (Phi) is 5.03. The van der Waals surface area contributed by atoms with Crippen molar-refractivity contribution < 1.29 is 14.3 Å². The van der Waals surface area contributed by atoms with Gasteiger partial charge in [0.25, 0.3) is 0 Å². The van der Waals surface area contributed by atoms with Crippen molar-refractivity contribution in [2.24, 2.45) is 5.73 Å². The number of anilines is 3. The van der Waals surface area contributed by atoms with E-state index in [2.05, 4.69) is 10.2 Å². The van der Waals surface area contributed by atoms with E-state index in [9.17, 15) is 14.3 Å². The van der Waals surface area contributed by atoms with Crippen molar-refractivity contribution in [1.82, 2.24) is 10.2 Å². The number of fused-ring (bicyclic) bond motifs is 1. The van der Waals surface area contributed by atoms with Gasteiger partial charge in [-0.2, -0.15) is 5.10 Å². The van der Waals surface area contributed by atoms with Crippen LogP contribution in [0.15, 0.2) is 54.6 Å². The molecule has 0 saturated carbocycles. The van der Waals surface area contributed by atoms with Crippen molar-refractivity contribution in [1.29, 1.82) is 0 Å². The van der Waals surface area contributed by atoms with Gasteiger partial charge in [0.15, 0.2) is 11.6 Å². The smallest absolute Gasteiger partial charge is 0.323 e. The monoisotopic (exact) mass is 425 g/mol. The minimum absolute atomic E-state index is 0.114. The molecule has 0 atom stereocenters. The number of hydrogen-bond donors (Lipinski definition) is 4. The van der Waals surface area contributed by atoms with E-state index >= 15 is 0 Å². The van der Waals surface area contributed by atoms with Crippen LogP contribution in [-0.2, 0) is 6.61 Å². The molecule has 0 radical (unpaired) electrons. The molecular formula is C21H17ClFN5O2. The summed E-state index contributed by atoms with van der Waals surface area (Å²) in [7, 11) is 0. The summed E-state index contributed by atoms with van der Waals surface area (Å²) in [5, 5.41) is 16.8. The van der Waals surface area contributed by atoms with Crippen LogP contribution in [0.3, 0.4) is 0 Å². The maximum absolute atomic E-state index is 14.5. The lowest BCUT2D eigenvalue weighted by Gasteiger charge is -2.21. The Morgan fingerprint density at radius 3 is 2.53 bits per heavy atom. The van der Waals surface area contributed by atoms with Gasteiger partial charge in [-0.05, 0) is 47.5 Å². The Balaban J connectivity index is 1.82. The first-order valence-corrected chi connectivity index (χ1v) is 9.30. The molecule has 0 fully saturated rings. The highest BCUT2D eigenvalue weighted by Gasteiger charge is 2.19. The molecule has 0 aliphatic heterocycles. The van der Waals surface area contributed by atoms with E-state index in [1.54, 1.807) is 48.5 Å². The SMILES string of the molecule is NC(=O)N(c1ccc(-c2cc(CO)c(F)c3[nH]nc(N)c23)cc1)c1cccc(Cl)c1. The van der Waals surface area contributed by atoms with Gasteiger partial charge in [-0.1, -0.05) is 29.8 Å². The molecular weight excluding hydrogens is 409 g/mol. The van der Waals surface area contributed by atoms with Gasteiger partial charge < -0.3 is 16.6 Å². The van der Waals surface area contributed by atoms with E-state index < -0.39 is 18.5 Å². The van der Waals surface area contributed by atoms with Crippen LogP contribution >= 0.6 is 11.6 Å². The summed E-state index contributed by atoms with van der Waals surface area (Å²) in [6.07, 6.45) is 0. The molecule has 0 bridgehead atoms. The first kappa shape index (κ1) is 19.7. The zero-order valence-corrected chi connectivity index (χ0v) is 16.3. The third-order valence-corrected chi connectivity index (χ3v) is 5.01. The van der Waals surface area contributed by atoms with Gasteiger partial charge in [-0.15, -0.1) is 0 Å². The van der Waals surface area contributed by atoms with Crippen LogP contribution in [0.1, 0.15) is 5.56 Å². The minimum Gasteiger partial charge on any atom is -0.392 e. The standard InChI is InChI=1S/C21H17ClFN5O2/c22-13-2-1-3-15(9-13)28(21(25)30)14-6-4-11(5-7-14)16-8-12(10-29)18(23)19-17(16)20(24)27-26-19/h1-9,29H,10H2,(H2,25,30)(H3,24,26,27). The van der Waals surface area contributed by atoms with Gasteiger partial charge in [0.05, 0.1) is 23.4 Å². The molecule has 0 aliphatic rings. The number of halogens is 2. The fraction of sp³-hybridized carbons (Fsp3) is 0.0476. The molecule has 6 N–H and O–H groups in total. The second-order valence-corrected chi connectivity index (χ2v) is 7.05. The van der Waals surface area contributed by atoms with Crippen LogP contribution in [0, 0.1) is 5.82 Å². The summed E-state index contributed by atoms with van der Waals surface area (Å²) in [4.78, 5) is 13.4. The summed E-state index contributed by atoms with van der Waals surface area (Å²) >= 11 is 6.04. The molecule has 30 heavy (non-hydrogen) atoms. The maximum Gasteiger partial charge on any atom is 0.323 e. The Bertz CT molecular complexity index is 1260. The number of benzene rings is 3. The van der Waals surface area contributed by atoms with Gasteiger partial charge in [-0.25, -0.2) is 9.18 Å². The average Bonchev–Trinajstić information content (AvgIpc) is 3.11. The molecule has 1 heterocycles. The Morgan fingerprint density at radius 2 is 1.90 bits per heavy atom. The number of primary amides is 1. The van der Waals surface area contributed by atoms with Crippen molar-refractivity contribution in [2.75, 3.05) is 10.6 Å². The number of H-pyrrole nitrogens is 1. The molecule has 7 nitrogen and oxygen atoms in total. The molecule has 9 heteroatoms. The van der Waals surface area contributed by atoms with Crippen molar-refractivity contribution in [3.8, 4) is 11.1 Å². The van der Waals surface area contributed by atoms with Gasteiger partial charge in [0, 0.05) is 10.6 Å². The lowest BCUT2D eigenvalue weighted by molar-refractivity contribution is 0.256. The van der Waals surface area contributed by atoms with E-state index in [0.717, 1.165) is 0 Å². The molecule has 3 aromatic carbocycles. The third kappa shape index (κ3) is 3.32. The van der Waals surface area contributed by atoms with Crippen molar-refractivity contribution in [3.05, 3.63) is 71.0 Å². The average molecular weight is 426 g/mol. The molecule has 4 aromatic rings. The summed E-state index contributed by atoms with van der Waals surface area (Å²) in [6.45, 7) is -0.476. The quantitative estimate of drug-likeness (QED) is 0.389. The molecule has 0 saturated heterocycles. The zero-order valence-electron chi connectivity index (χ0n) is 15.6. The van der Waals surface area contributed by atoms with E-state index in [1.165, 1.54) is 11.0 Å². The number of carbonyl (C=O) groups excluding carboxylic acids is 1. The molecule has 1 aromatic heterocycles. The minimum atomic E-state index is -0.671. The predicted octanol–water partition coefficient (Wildman–Crippen LogP) is 4.31. The van der Waals surface area contributed by atoms with Crippen LogP contribution in [0.25, 0.3) is 22.0 Å². The number of rotatable bonds is 4. The molecule has 0 aliphatic carbocycles. The van der Waals surface area contributed by atoms with E-state index in [4.69, 9.17) is 23.1 Å². The van der Waals surface area contributed by atoms with Crippen LogP contribution in [-0.4, -0.2) is 21.3 Å². The first-order chi connectivity index (χ1) is 14.4. The van der Waals surface area contributed by atoms with Crippen molar-refractivity contribution in [2.45, 2.75) is 6.61 Å². The lowest BCUT2D eigenvalue weighted by Crippen LogP contribution is -2.31. The maximum atomic E-state index is 14.5. The number of aliphatic hydroxyl groups excluding tert-OH is 1. The summed E-state index contributed by atoms with van der Waals surface area (Å²) in [5.41, 5.74) is 14.1. The lowest BCUT2D eigenvalue weighted by atomic mass is 9.98. The van der Waals surface area contributed by atoms with E-state index in [0.29, 0.717) is 32.9 Å². The van der Waals surface area contributed by atoms with Gasteiger partial charge in [-0.3, -0.25) is 10.00 Å². The molecule has 0 unspecified atom stereocenters. The number of nitrogen functional groups attached to an aromatic ring is 1. The summed E-state index contributed by atoms with van der Waals surface area (Å²) < 4.78 is 14.5. The Morgan fingerprint density at radius 1 is 1.17 bits per heavy atom. The fourth-order valence-corrected chi connectivity index (χ4v) is 3.59. The Labute approximate surface area is 175 Å². The second kappa shape index (κ2) is 7.66. The number of nitrogens with zero attached hydrogens (tertiary/aromatic N) is 2. The number of hydrogen-bond acceptors (Lipinski definition) is 4. The summed E-state index contributed by atoms with van der Waals surface area (Å²) in [6, 6.07) is 14.5. The van der Waals surface area contributed by atoms with Crippen molar-refractivity contribution >= 4 is 45.7 Å². The highest BCUT2D eigenvalue weighted by atomic mass is 35.5. The Hall–Kier alpha value is -3.62. The molecule has 152 valence electrons. The van der Waals surface area contributed by atoms with E-state index in [-0.39, 0.29) is 16.9 Å². The third-order valence-electron chi connectivity index (χ3n) is 4.78. The van der Waals surface area contributed by atoms with Crippen LogP contribution in [0.2, 0.25) is 5.02 Å². The zero-order chi connectivity index (χ0) is 21.4. The largest absolute Gasteiger partial charge is 0.392 e. The van der Waals surface area contributed by atoms with Crippen molar-refractivity contribution in [3.63, 3.8) is 0 Å². The number of nitrogens with one attached hydrogen (secondary N) is 1. The number of aromatic nitrogens is 2. The topological polar surface area (TPSA) is 121 Å². The van der Waals surface area contributed by atoms with Crippen LogP contribution < -0.4 is 16.4 Å². The second-order valence-electron chi connectivity index (χ2n) is 6.61. The number of aromatic amines is 1. The molecule has 0 spiro atoms. The predicted molar refractivity (Wildman–Crippen MR) is 115 cm³/mol.